The number of nitrogens with one attached hydrogen (secondary N) is 1. The third-order valence-corrected chi connectivity index (χ3v) is 3.97. The lowest BCUT2D eigenvalue weighted by Crippen LogP contribution is -2.25. The molecule has 1 aromatic carbocycles. The largest absolute Gasteiger partial charge is 0.497 e. The summed E-state index contributed by atoms with van der Waals surface area (Å²) in [6.45, 7) is 0.808. The SMILES string of the molecule is COc1ccc2c(c1)C(NCc1ccn(C)n1)CCC2. The van der Waals surface area contributed by atoms with Gasteiger partial charge in [0.2, 0.25) is 0 Å². The summed E-state index contributed by atoms with van der Waals surface area (Å²) in [4.78, 5) is 0. The average molecular weight is 271 g/mol. The van der Waals surface area contributed by atoms with E-state index in [2.05, 4.69) is 34.7 Å². The van der Waals surface area contributed by atoms with E-state index in [9.17, 15) is 0 Å². The van der Waals surface area contributed by atoms with Gasteiger partial charge in [-0.2, -0.15) is 5.10 Å². The first-order valence-corrected chi connectivity index (χ1v) is 7.15. The molecule has 0 aliphatic heterocycles. The van der Waals surface area contributed by atoms with Crippen LogP contribution in [0.25, 0.3) is 0 Å². The molecule has 0 bridgehead atoms. The number of nitrogens with zero attached hydrogens (tertiary/aromatic N) is 2. The zero-order valence-electron chi connectivity index (χ0n) is 12.1. The van der Waals surface area contributed by atoms with Gasteiger partial charge in [0.1, 0.15) is 5.75 Å². The van der Waals surface area contributed by atoms with Gasteiger partial charge in [-0.3, -0.25) is 4.68 Å². The summed E-state index contributed by atoms with van der Waals surface area (Å²) in [5, 5.41) is 8.04. The molecular weight excluding hydrogens is 250 g/mol. The van der Waals surface area contributed by atoms with Crippen molar-refractivity contribution in [3.63, 3.8) is 0 Å². The summed E-state index contributed by atoms with van der Waals surface area (Å²) in [5.74, 6) is 0.940. The van der Waals surface area contributed by atoms with Crippen LogP contribution < -0.4 is 10.1 Å². The zero-order valence-corrected chi connectivity index (χ0v) is 12.1. The number of hydrogen-bond acceptors (Lipinski definition) is 3. The lowest BCUT2D eigenvalue weighted by atomic mass is 9.87. The summed E-state index contributed by atoms with van der Waals surface area (Å²) in [5.41, 5.74) is 3.91. The maximum Gasteiger partial charge on any atom is 0.119 e. The molecular formula is C16H21N3O. The third kappa shape index (κ3) is 2.70. The Morgan fingerprint density at radius 2 is 2.30 bits per heavy atom. The molecule has 1 heterocycles. The Balaban J connectivity index is 1.75. The van der Waals surface area contributed by atoms with Gasteiger partial charge < -0.3 is 10.1 Å². The van der Waals surface area contributed by atoms with E-state index < -0.39 is 0 Å². The summed E-state index contributed by atoms with van der Waals surface area (Å²) in [7, 11) is 3.67. The number of hydrogen-bond donors (Lipinski definition) is 1. The number of fused-ring (bicyclic) bond motifs is 1. The van der Waals surface area contributed by atoms with E-state index in [1.54, 1.807) is 7.11 Å². The minimum atomic E-state index is 0.399. The fourth-order valence-electron chi connectivity index (χ4n) is 2.90. The van der Waals surface area contributed by atoms with Gasteiger partial charge >= 0.3 is 0 Å². The van der Waals surface area contributed by atoms with Crippen LogP contribution in [0.3, 0.4) is 0 Å². The molecule has 1 aliphatic carbocycles. The Morgan fingerprint density at radius 1 is 1.40 bits per heavy atom. The Kier molecular flexibility index (Phi) is 3.74. The first kappa shape index (κ1) is 13.2. The van der Waals surface area contributed by atoms with E-state index in [4.69, 9.17) is 4.74 Å². The summed E-state index contributed by atoms with van der Waals surface area (Å²) < 4.78 is 7.19. The van der Waals surface area contributed by atoms with Crippen molar-refractivity contribution in [2.75, 3.05) is 7.11 Å². The highest BCUT2D eigenvalue weighted by Gasteiger charge is 2.20. The molecule has 1 N–H and O–H groups in total. The van der Waals surface area contributed by atoms with Crippen molar-refractivity contribution < 1.29 is 4.74 Å². The number of ether oxygens (including phenoxy) is 1. The highest BCUT2D eigenvalue weighted by atomic mass is 16.5. The molecule has 0 saturated heterocycles. The Labute approximate surface area is 119 Å². The van der Waals surface area contributed by atoms with E-state index in [0.29, 0.717) is 6.04 Å². The molecule has 0 spiro atoms. The summed E-state index contributed by atoms with van der Waals surface area (Å²) in [6.07, 6.45) is 5.56. The maximum absolute atomic E-state index is 5.35. The van der Waals surface area contributed by atoms with Crippen LogP contribution in [-0.2, 0) is 20.0 Å². The van der Waals surface area contributed by atoms with Gasteiger partial charge in [-0.15, -0.1) is 0 Å². The molecule has 3 rings (SSSR count). The standard InChI is InChI=1S/C16H21N3O/c1-19-9-8-13(18-19)11-17-16-5-3-4-12-6-7-14(20-2)10-15(12)16/h6-10,16-17H,3-5,11H2,1-2H3. The quantitative estimate of drug-likeness (QED) is 0.929. The first-order chi connectivity index (χ1) is 9.76. The van der Waals surface area contributed by atoms with Crippen molar-refractivity contribution in [1.29, 1.82) is 0 Å². The van der Waals surface area contributed by atoms with Gasteiger partial charge in [-0.1, -0.05) is 6.07 Å². The van der Waals surface area contributed by atoms with Gasteiger partial charge in [0, 0.05) is 25.8 Å². The Hall–Kier alpha value is -1.81. The second kappa shape index (κ2) is 5.67. The number of rotatable bonds is 4. The van der Waals surface area contributed by atoms with Crippen molar-refractivity contribution in [2.24, 2.45) is 7.05 Å². The van der Waals surface area contributed by atoms with Crippen LogP contribution in [0.5, 0.6) is 5.75 Å². The van der Waals surface area contributed by atoms with E-state index in [0.717, 1.165) is 18.0 Å². The minimum absolute atomic E-state index is 0.399. The van der Waals surface area contributed by atoms with Crippen LogP contribution in [-0.4, -0.2) is 16.9 Å². The van der Waals surface area contributed by atoms with Gasteiger partial charge in [-0.05, 0) is 48.6 Å². The number of methoxy groups -OCH3 is 1. The van der Waals surface area contributed by atoms with Crippen molar-refractivity contribution in [2.45, 2.75) is 31.8 Å². The normalized spacial score (nSPS) is 17.8. The van der Waals surface area contributed by atoms with E-state index in [1.165, 1.54) is 30.4 Å². The van der Waals surface area contributed by atoms with Gasteiger partial charge in [-0.25, -0.2) is 0 Å². The number of benzene rings is 1. The van der Waals surface area contributed by atoms with Crippen LogP contribution in [0.2, 0.25) is 0 Å². The molecule has 1 aliphatic rings. The maximum atomic E-state index is 5.35. The second-order valence-electron chi connectivity index (χ2n) is 5.37. The predicted molar refractivity (Wildman–Crippen MR) is 78.7 cm³/mol. The molecule has 4 nitrogen and oxygen atoms in total. The minimum Gasteiger partial charge on any atom is -0.497 e. The van der Waals surface area contributed by atoms with Gasteiger partial charge in [0.25, 0.3) is 0 Å². The molecule has 20 heavy (non-hydrogen) atoms. The smallest absolute Gasteiger partial charge is 0.119 e. The molecule has 2 aromatic rings. The molecule has 0 radical (unpaired) electrons. The van der Waals surface area contributed by atoms with Crippen LogP contribution >= 0.6 is 0 Å². The van der Waals surface area contributed by atoms with Crippen molar-refractivity contribution in [3.8, 4) is 5.75 Å². The molecule has 4 heteroatoms. The molecule has 0 saturated carbocycles. The van der Waals surface area contributed by atoms with E-state index >= 15 is 0 Å². The van der Waals surface area contributed by atoms with Crippen LogP contribution in [0.4, 0.5) is 0 Å². The molecule has 1 aromatic heterocycles. The Morgan fingerprint density at radius 3 is 3.05 bits per heavy atom. The highest BCUT2D eigenvalue weighted by Crippen LogP contribution is 2.32. The molecule has 0 amide bonds. The lowest BCUT2D eigenvalue weighted by Gasteiger charge is -2.26. The predicted octanol–water partition coefficient (Wildman–Crippen LogP) is 2.60. The second-order valence-corrected chi connectivity index (χ2v) is 5.37. The molecule has 1 atom stereocenters. The topological polar surface area (TPSA) is 39.1 Å². The molecule has 1 unspecified atom stereocenters. The lowest BCUT2D eigenvalue weighted by molar-refractivity contribution is 0.408. The Bertz CT molecular complexity index is 591. The summed E-state index contributed by atoms with van der Waals surface area (Å²) in [6, 6.07) is 8.88. The van der Waals surface area contributed by atoms with Crippen LogP contribution in [0, 0.1) is 0 Å². The fourth-order valence-corrected chi connectivity index (χ4v) is 2.90. The molecule has 106 valence electrons. The van der Waals surface area contributed by atoms with Gasteiger partial charge in [0.05, 0.1) is 12.8 Å². The van der Waals surface area contributed by atoms with E-state index in [1.807, 2.05) is 17.9 Å². The van der Waals surface area contributed by atoms with Crippen molar-refractivity contribution in [3.05, 3.63) is 47.3 Å². The van der Waals surface area contributed by atoms with Crippen molar-refractivity contribution >= 4 is 0 Å². The van der Waals surface area contributed by atoms with Crippen LogP contribution in [0.15, 0.2) is 30.5 Å². The highest BCUT2D eigenvalue weighted by molar-refractivity contribution is 5.39. The van der Waals surface area contributed by atoms with E-state index in [-0.39, 0.29) is 0 Å². The average Bonchev–Trinajstić information content (AvgIpc) is 2.90. The fraction of sp³-hybridized carbons (Fsp3) is 0.438. The molecule has 0 fully saturated rings. The monoisotopic (exact) mass is 271 g/mol. The van der Waals surface area contributed by atoms with Crippen molar-refractivity contribution in [1.82, 2.24) is 15.1 Å². The number of aryl methyl sites for hydroxylation is 2. The van der Waals surface area contributed by atoms with Gasteiger partial charge in [0.15, 0.2) is 0 Å². The number of aromatic nitrogens is 2. The third-order valence-electron chi connectivity index (χ3n) is 3.97. The van der Waals surface area contributed by atoms with Crippen LogP contribution in [0.1, 0.15) is 35.7 Å². The summed E-state index contributed by atoms with van der Waals surface area (Å²) >= 11 is 0. The zero-order chi connectivity index (χ0) is 13.9. The first-order valence-electron chi connectivity index (χ1n) is 7.15.